The Morgan fingerprint density at radius 3 is 2.41 bits per heavy atom. The van der Waals surface area contributed by atoms with Crippen molar-refractivity contribution >= 4 is 45.0 Å². The third-order valence-electron chi connectivity index (χ3n) is 3.77. The topological polar surface area (TPSA) is 15.8 Å². The Labute approximate surface area is 138 Å². The molecule has 4 aromatic rings. The van der Waals surface area contributed by atoms with Crippen LogP contribution < -0.4 is 0 Å². The van der Waals surface area contributed by atoms with Crippen LogP contribution in [0.15, 0.2) is 70.5 Å². The van der Waals surface area contributed by atoms with Crippen LogP contribution in [0.25, 0.3) is 21.7 Å². The van der Waals surface area contributed by atoms with E-state index in [1.165, 1.54) is 37.2 Å². The molecule has 1 heterocycles. The molecule has 0 amide bonds. The molecule has 0 radical (unpaired) electrons. The van der Waals surface area contributed by atoms with Crippen LogP contribution in [0.5, 0.6) is 0 Å². The maximum atomic E-state index is 5.98. The highest BCUT2D eigenvalue weighted by Crippen LogP contribution is 2.38. The fourth-order valence-corrected chi connectivity index (χ4v) is 3.92. The molecule has 3 heteroatoms. The van der Waals surface area contributed by atoms with Gasteiger partial charge in [0.2, 0.25) is 0 Å². The summed E-state index contributed by atoms with van der Waals surface area (Å²) >= 11 is 7.75. The van der Waals surface area contributed by atoms with Crippen LogP contribution in [0.3, 0.4) is 0 Å². The largest absolute Gasteiger partial charge is 0.358 e. The summed E-state index contributed by atoms with van der Waals surface area (Å²) in [6.45, 7) is 2.10. The number of aromatic amines is 1. The molecule has 0 unspecified atom stereocenters. The monoisotopic (exact) mass is 323 g/mol. The van der Waals surface area contributed by atoms with Crippen LogP contribution in [0, 0.1) is 6.92 Å². The average molecular weight is 324 g/mol. The Morgan fingerprint density at radius 1 is 0.909 bits per heavy atom. The highest BCUT2D eigenvalue weighted by atomic mass is 35.5. The summed E-state index contributed by atoms with van der Waals surface area (Å²) in [5, 5.41) is 4.57. The molecule has 0 aliphatic heterocycles. The third kappa shape index (κ3) is 2.39. The van der Waals surface area contributed by atoms with Crippen molar-refractivity contribution in [2.45, 2.75) is 16.7 Å². The van der Waals surface area contributed by atoms with E-state index >= 15 is 0 Å². The van der Waals surface area contributed by atoms with Gasteiger partial charge in [-0.3, -0.25) is 0 Å². The molecular weight excluding hydrogens is 310 g/mol. The number of benzene rings is 3. The predicted molar refractivity (Wildman–Crippen MR) is 96.1 cm³/mol. The van der Waals surface area contributed by atoms with Crippen LogP contribution in [0.1, 0.15) is 5.69 Å². The SMILES string of the molecule is Cc1cc2cc(Sc3ccc(Cl)cc3)c3ccccc3c2[nH]1. The second-order valence-electron chi connectivity index (χ2n) is 5.39. The number of hydrogen-bond acceptors (Lipinski definition) is 1. The Hall–Kier alpha value is -1.90. The van der Waals surface area contributed by atoms with Gasteiger partial charge in [-0.25, -0.2) is 0 Å². The minimum absolute atomic E-state index is 0.769. The lowest BCUT2D eigenvalue weighted by atomic mass is 10.1. The number of aryl methyl sites for hydroxylation is 1. The quantitative estimate of drug-likeness (QED) is 0.449. The first-order valence-electron chi connectivity index (χ1n) is 7.15. The first kappa shape index (κ1) is 13.7. The van der Waals surface area contributed by atoms with Crippen molar-refractivity contribution < 1.29 is 0 Å². The van der Waals surface area contributed by atoms with Crippen molar-refractivity contribution in [1.29, 1.82) is 0 Å². The number of fused-ring (bicyclic) bond motifs is 3. The van der Waals surface area contributed by atoms with E-state index in [4.69, 9.17) is 11.6 Å². The average Bonchev–Trinajstić information content (AvgIpc) is 2.90. The zero-order chi connectivity index (χ0) is 15.1. The molecule has 0 aliphatic rings. The molecule has 22 heavy (non-hydrogen) atoms. The highest BCUT2D eigenvalue weighted by molar-refractivity contribution is 7.99. The second kappa shape index (κ2) is 5.38. The first-order chi connectivity index (χ1) is 10.7. The normalized spacial score (nSPS) is 11.4. The molecule has 4 rings (SSSR count). The lowest BCUT2D eigenvalue weighted by Gasteiger charge is -2.08. The van der Waals surface area contributed by atoms with Gasteiger partial charge in [0.15, 0.2) is 0 Å². The van der Waals surface area contributed by atoms with Gasteiger partial charge in [-0.15, -0.1) is 0 Å². The smallest absolute Gasteiger partial charge is 0.0536 e. The zero-order valence-corrected chi connectivity index (χ0v) is 13.6. The summed E-state index contributed by atoms with van der Waals surface area (Å²) < 4.78 is 0. The van der Waals surface area contributed by atoms with E-state index in [0.717, 1.165) is 5.02 Å². The summed E-state index contributed by atoms with van der Waals surface area (Å²) in [6, 6.07) is 21.0. The van der Waals surface area contributed by atoms with Crippen molar-refractivity contribution in [2.75, 3.05) is 0 Å². The van der Waals surface area contributed by atoms with Gasteiger partial charge >= 0.3 is 0 Å². The number of H-pyrrole nitrogens is 1. The van der Waals surface area contributed by atoms with Gasteiger partial charge in [-0.2, -0.15) is 0 Å². The number of nitrogens with one attached hydrogen (secondary N) is 1. The predicted octanol–water partition coefficient (Wildman–Crippen LogP) is 6.43. The van der Waals surface area contributed by atoms with Crippen LogP contribution in [0.4, 0.5) is 0 Å². The second-order valence-corrected chi connectivity index (χ2v) is 6.94. The lowest BCUT2D eigenvalue weighted by molar-refractivity contribution is 1.30. The van der Waals surface area contributed by atoms with E-state index in [9.17, 15) is 0 Å². The van der Waals surface area contributed by atoms with Crippen LogP contribution in [0.2, 0.25) is 5.02 Å². The zero-order valence-electron chi connectivity index (χ0n) is 12.1. The maximum absolute atomic E-state index is 5.98. The number of halogens is 1. The van der Waals surface area contributed by atoms with E-state index < -0.39 is 0 Å². The Kier molecular flexibility index (Phi) is 3.36. The Bertz CT molecular complexity index is 970. The highest BCUT2D eigenvalue weighted by Gasteiger charge is 2.09. The molecule has 0 bridgehead atoms. The third-order valence-corrected chi connectivity index (χ3v) is 5.09. The molecule has 0 aliphatic carbocycles. The number of rotatable bonds is 2. The van der Waals surface area contributed by atoms with Crippen LogP contribution in [-0.4, -0.2) is 4.98 Å². The van der Waals surface area contributed by atoms with E-state index in [2.05, 4.69) is 60.4 Å². The molecule has 1 N–H and O–H groups in total. The van der Waals surface area contributed by atoms with Gasteiger partial charge in [0.25, 0.3) is 0 Å². The minimum Gasteiger partial charge on any atom is -0.358 e. The number of hydrogen-bond donors (Lipinski definition) is 1. The van der Waals surface area contributed by atoms with Crippen molar-refractivity contribution in [3.63, 3.8) is 0 Å². The molecule has 0 spiro atoms. The van der Waals surface area contributed by atoms with Crippen molar-refractivity contribution in [3.05, 3.63) is 71.4 Å². The van der Waals surface area contributed by atoms with E-state index in [0.29, 0.717) is 0 Å². The molecular formula is C19H14ClNS. The number of aromatic nitrogens is 1. The molecule has 0 fully saturated rings. The first-order valence-corrected chi connectivity index (χ1v) is 8.35. The maximum Gasteiger partial charge on any atom is 0.0536 e. The molecule has 3 aromatic carbocycles. The van der Waals surface area contributed by atoms with Crippen molar-refractivity contribution in [3.8, 4) is 0 Å². The van der Waals surface area contributed by atoms with E-state index in [1.807, 2.05) is 12.1 Å². The molecule has 0 atom stereocenters. The minimum atomic E-state index is 0.769. The standard InChI is InChI=1S/C19H14ClNS/c1-12-10-13-11-18(22-15-8-6-14(20)7-9-15)16-4-2-3-5-17(16)19(13)21-12/h2-11,21H,1H3. The summed E-state index contributed by atoms with van der Waals surface area (Å²) in [7, 11) is 0. The lowest BCUT2D eigenvalue weighted by Crippen LogP contribution is -1.81. The van der Waals surface area contributed by atoms with Crippen LogP contribution in [-0.2, 0) is 0 Å². The summed E-state index contributed by atoms with van der Waals surface area (Å²) in [6.07, 6.45) is 0. The van der Waals surface area contributed by atoms with Crippen LogP contribution >= 0.6 is 23.4 Å². The van der Waals surface area contributed by atoms with E-state index in [1.54, 1.807) is 11.8 Å². The van der Waals surface area contributed by atoms with Crippen molar-refractivity contribution in [1.82, 2.24) is 4.98 Å². The van der Waals surface area contributed by atoms with E-state index in [-0.39, 0.29) is 0 Å². The Morgan fingerprint density at radius 2 is 1.64 bits per heavy atom. The van der Waals surface area contributed by atoms with Crippen molar-refractivity contribution in [2.24, 2.45) is 0 Å². The van der Waals surface area contributed by atoms with Gasteiger partial charge in [-0.05, 0) is 48.7 Å². The molecule has 1 nitrogen and oxygen atoms in total. The van der Waals surface area contributed by atoms with Gasteiger partial charge in [0.05, 0.1) is 5.52 Å². The van der Waals surface area contributed by atoms with Gasteiger partial charge in [0.1, 0.15) is 0 Å². The van der Waals surface area contributed by atoms with Gasteiger partial charge in [-0.1, -0.05) is 47.6 Å². The molecule has 108 valence electrons. The van der Waals surface area contributed by atoms with Gasteiger partial charge in [0, 0.05) is 31.3 Å². The molecule has 1 aromatic heterocycles. The summed E-state index contributed by atoms with van der Waals surface area (Å²) in [5.74, 6) is 0. The molecule has 0 saturated heterocycles. The van der Waals surface area contributed by atoms with Gasteiger partial charge < -0.3 is 4.98 Å². The fraction of sp³-hybridized carbons (Fsp3) is 0.0526. The summed E-state index contributed by atoms with van der Waals surface area (Å²) in [5.41, 5.74) is 2.40. The molecule has 0 saturated carbocycles. The fourth-order valence-electron chi connectivity index (χ4n) is 2.80. The Balaban J connectivity index is 1.92. The summed E-state index contributed by atoms with van der Waals surface area (Å²) in [4.78, 5) is 5.94.